The molecule has 0 aliphatic heterocycles. The normalized spacial score (nSPS) is 12.5. The second-order valence-corrected chi connectivity index (χ2v) is 4.49. The van der Waals surface area contributed by atoms with Gasteiger partial charge in [0, 0.05) is 22.7 Å². The Morgan fingerprint density at radius 3 is 2.40 bits per heavy atom. The van der Waals surface area contributed by atoms with Gasteiger partial charge in [0.25, 0.3) is 0 Å². The zero-order valence-corrected chi connectivity index (χ0v) is 10.8. The van der Waals surface area contributed by atoms with E-state index in [-0.39, 0.29) is 5.69 Å². The molecule has 0 aliphatic rings. The SMILES string of the molecule is [O-][N+](=Cc1cccc(Cl)c1)c1cccc(C(F)(F)F)c1. The highest BCUT2D eigenvalue weighted by Gasteiger charge is 2.31. The van der Waals surface area contributed by atoms with Crippen LogP contribution in [0.15, 0.2) is 48.5 Å². The van der Waals surface area contributed by atoms with Gasteiger partial charge in [0.15, 0.2) is 6.21 Å². The monoisotopic (exact) mass is 299 g/mol. The molecule has 0 radical (unpaired) electrons. The van der Waals surface area contributed by atoms with Crippen LogP contribution < -0.4 is 0 Å². The van der Waals surface area contributed by atoms with Gasteiger partial charge in [-0.1, -0.05) is 23.7 Å². The van der Waals surface area contributed by atoms with E-state index in [0.29, 0.717) is 15.3 Å². The number of benzene rings is 2. The molecule has 0 fully saturated rings. The van der Waals surface area contributed by atoms with Crippen molar-refractivity contribution in [1.29, 1.82) is 0 Å². The molecule has 0 unspecified atom stereocenters. The van der Waals surface area contributed by atoms with E-state index in [1.807, 2.05) is 0 Å². The maximum absolute atomic E-state index is 12.6. The van der Waals surface area contributed by atoms with E-state index in [2.05, 4.69) is 0 Å². The van der Waals surface area contributed by atoms with E-state index < -0.39 is 11.7 Å². The molecule has 0 bridgehead atoms. The zero-order valence-electron chi connectivity index (χ0n) is 10.1. The molecule has 2 nitrogen and oxygen atoms in total. The van der Waals surface area contributed by atoms with Gasteiger partial charge in [-0.3, -0.25) is 0 Å². The van der Waals surface area contributed by atoms with Gasteiger partial charge in [-0.25, -0.2) is 0 Å². The second-order valence-electron chi connectivity index (χ2n) is 4.06. The summed E-state index contributed by atoms with van der Waals surface area (Å²) in [5.74, 6) is 0. The summed E-state index contributed by atoms with van der Waals surface area (Å²) in [7, 11) is 0. The lowest BCUT2D eigenvalue weighted by molar-refractivity contribution is -0.354. The summed E-state index contributed by atoms with van der Waals surface area (Å²) in [6.07, 6.45) is -3.31. The summed E-state index contributed by atoms with van der Waals surface area (Å²) < 4.78 is 38.1. The lowest BCUT2D eigenvalue weighted by Gasteiger charge is -2.08. The first-order valence-electron chi connectivity index (χ1n) is 5.60. The van der Waals surface area contributed by atoms with Crippen molar-refractivity contribution in [2.24, 2.45) is 0 Å². The molecule has 0 saturated heterocycles. The fourth-order valence-electron chi connectivity index (χ4n) is 1.62. The molecule has 2 aromatic carbocycles. The second kappa shape index (κ2) is 5.54. The lowest BCUT2D eigenvalue weighted by Crippen LogP contribution is -2.06. The number of nitrogens with zero attached hydrogens (tertiary/aromatic N) is 1. The average Bonchev–Trinajstić information content (AvgIpc) is 2.38. The third-order valence-corrected chi connectivity index (χ3v) is 2.78. The number of hydrogen-bond donors (Lipinski definition) is 0. The minimum atomic E-state index is -4.48. The maximum atomic E-state index is 12.6. The molecule has 6 heteroatoms. The van der Waals surface area contributed by atoms with E-state index in [4.69, 9.17) is 11.6 Å². The van der Waals surface area contributed by atoms with E-state index in [1.54, 1.807) is 24.3 Å². The van der Waals surface area contributed by atoms with Crippen molar-refractivity contribution in [3.63, 3.8) is 0 Å². The Balaban J connectivity index is 2.36. The smallest absolute Gasteiger partial charge is 0.416 e. The molecule has 2 aromatic rings. The van der Waals surface area contributed by atoms with Crippen molar-refractivity contribution in [2.75, 3.05) is 0 Å². The van der Waals surface area contributed by atoms with Gasteiger partial charge < -0.3 is 5.21 Å². The van der Waals surface area contributed by atoms with Crippen LogP contribution in [0.2, 0.25) is 5.02 Å². The Bertz CT molecular complexity index is 653. The highest BCUT2D eigenvalue weighted by molar-refractivity contribution is 6.30. The summed E-state index contributed by atoms with van der Waals surface area (Å²) in [5.41, 5.74) is -0.458. The van der Waals surface area contributed by atoms with Crippen LogP contribution in [-0.2, 0) is 6.18 Å². The molecule has 0 aliphatic carbocycles. The van der Waals surface area contributed by atoms with Crippen LogP contribution in [0.3, 0.4) is 0 Å². The molecule has 0 saturated carbocycles. The molecule has 2 rings (SSSR count). The van der Waals surface area contributed by atoms with Crippen LogP contribution in [-0.4, -0.2) is 11.0 Å². The molecule has 20 heavy (non-hydrogen) atoms. The van der Waals surface area contributed by atoms with Gasteiger partial charge in [-0.15, -0.1) is 0 Å². The molecule has 104 valence electrons. The van der Waals surface area contributed by atoms with E-state index in [1.165, 1.54) is 18.3 Å². The molecule has 0 heterocycles. The van der Waals surface area contributed by atoms with Gasteiger partial charge >= 0.3 is 6.18 Å². The highest BCUT2D eigenvalue weighted by Crippen LogP contribution is 2.31. The quantitative estimate of drug-likeness (QED) is 0.344. The van der Waals surface area contributed by atoms with Crippen LogP contribution in [0.1, 0.15) is 11.1 Å². The number of alkyl halides is 3. The Morgan fingerprint density at radius 2 is 1.75 bits per heavy atom. The minimum Gasteiger partial charge on any atom is -0.618 e. The van der Waals surface area contributed by atoms with Gasteiger partial charge in [-0.05, 0) is 24.3 Å². The van der Waals surface area contributed by atoms with Gasteiger partial charge in [0.1, 0.15) is 0 Å². The predicted octanol–water partition coefficient (Wildman–Crippen LogP) is 4.62. The predicted molar refractivity (Wildman–Crippen MR) is 71.3 cm³/mol. The largest absolute Gasteiger partial charge is 0.618 e. The van der Waals surface area contributed by atoms with Crippen LogP contribution >= 0.6 is 11.6 Å². The third kappa shape index (κ3) is 3.51. The number of rotatable bonds is 2. The average molecular weight is 300 g/mol. The van der Waals surface area contributed by atoms with Gasteiger partial charge in [-0.2, -0.15) is 17.9 Å². The molecule has 0 amide bonds. The Kier molecular flexibility index (Phi) is 3.99. The molecule has 0 spiro atoms. The first kappa shape index (κ1) is 14.4. The fourth-order valence-corrected chi connectivity index (χ4v) is 1.81. The summed E-state index contributed by atoms with van der Waals surface area (Å²) in [6.45, 7) is 0. The Labute approximate surface area is 118 Å². The van der Waals surface area contributed by atoms with Crippen LogP contribution in [0.4, 0.5) is 18.9 Å². The standard InChI is InChI=1S/C14H9ClF3NO/c15-12-5-1-3-10(7-12)9-19(20)13-6-2-4-11(8-13)14(16,17)18/h1-9H. The summed E-state index contributed by atoms with van der Waals surface area (Å²) in [4.78, 5) is 0. The van der Waals surface area contributed by atoms with Crippen molar-refractivity contribution in [3.8, 4) is 0 Å². The van der Waals surface area contributed by atoms with E-state index >= 15 is 0 Å². The molecule has 0 aromatic heterocycles. The lowest BCUT2D eigenvalue weighted by atomic mass is 10.2. The van der Waals surface area contributed by atoms with Crippen molar-refractivity contribution in [1.82, 2.24) is 0 Å². The van der Waals surface area contributed by atoms with Crippen molar-refractivity contribution in [3.05, 3.63) is 69.9 Å². The minimum absolute atomic E-state index is 0.0974. The number of hydrogen-bond acceptors (Lipinski definition) is 1. The van der Waals surface area contributed by atoms with Gasteiger partial charge in [0.2, 0.25) is 5.69 Å². The van der Waals surface area contributed by atoms with Gasteiger partial charge in [0.05, 0.1) is 5.56 Å². The summed E-state index contributed by atoms with van der Waals surface area (Å²) in [6, 6.07) is 10.7. The Morgan fingerprint density at radius 1 is 1.05 bits per heavy atom. The third-order valence-electron chi connectivity index (χ3n) is 2.54. The zero-order chi connectivity index (χ0) is 14.8. The molecule has 0 atom stereocenters. The first-order chi connectivity index (χ1) is 9.36. The van der Waals surface area contributed by atoms with Crippen molar-refractivity contribution >= 4 is 23.5 Å². The van der Waals surface area contributed by atoms with Crippen molar-refractivity contribution < 1.29 is 17.9 Å². The van der Waals surface area contributed by atoms with Crippen molar-refractivity contribution in [2.45, 2.75) is 6.18 Å². The Hall–Kier alpha value is -2.01. The summed E-state index contributed by atoms with van der Waals surface area (Å²) in [5, 5.41) is 12.3. The highest BCUT2D eigenvalue weighted by atomic mass is 35.5. The topological polar surface area (TPSA) is 26.1 Å². The molecular formula is C14H9ClF3NO. The van der Waals surface area contributed by atoms with Crippen LogP contribution in [0.25, 0.3) is 0 Å². The van der Waals surface area contributed by atoms with Crippen LogP contribution in [0.5, 0.6) is 0 Å². The summed E-state index contributed by atoms with van der Waals surface area (Å²) >= 11 is 5.77. The van der Waals surface area contributed by atoms with E-state index in [9.17, 15) is 18.4 Å². The molecule has 0 N–H and O–H groups in total. The first-order valence-corrected chi connectivity index (χ1v) is 5.98. The number of halogens is 4. The van der Waals surface area contributed by atoms with Crippen LogP contribution in [0, 0.1) is 5.21 Å². The maximum Gasteiger partial charge on any atom is 0.416 e. The van der Waals surface area contributed by atoms with E-state index in [0.717, 1.165) is 12.1 Å². The fraction of sp³-hybridized carbons (Fsp3) is 0.0714. The molecular weight excluding hydrogens is 291 g/mol.